The molecule has 41 heavy (non-hydrogen) atoms. The summed E-state index contributed by atoms with van der Waals surface area (Å²) in [6.07, 6.45) is -0.972. The Morgan fingerprint density at radius 2 is 1.51 bits per heavy atom. The maximum absolute atomic E-state index is 14.0. The number of ether oxygens (including phenoxy) is 3. The fourth-order valence-corrected chi connectivity index (χ4v) is 5.54. The molecule has 0 spiro atoms. The third-order valence-corrected chi connectivity index (χ3v) is 7.46. The maximum Gasteiger partial charge on any atom is 0.407 e. The first-order valence-electron chi connectivity index (χ1n) is 14.2. The Morgan fingerprint density at radius 3 is 2.07 bits per heavy atom. The second kappa shape index (κ2) is 14.5. The highest BCUT2D eigenvalue weighted by atomic mass is 35.5. The zero-order chi connectivity index (χ0) is 29.4. The monoisotopic (exact) mass is 578 g/mol. The number of carbonyl (C=O) groups is 2. The number of nitrogens with zero attached hydrogens (tertiary/aromatic N) is 1. The number of fused-ring (bicyclic) bond motifs is 3. The second-order valence-corrected chi connectivity index (χ2v) is 10.7. The van der Waals surface area contributed by atoms with E-state index in [1.807, 2.05) is 64.1 Å². The van der Waals surface area contributed by atoms with E-state index in [2.05, 4.69) is 29.6 Å². The highest BCUT2D eigenvalue weighted by Gasteiger charge is 2.32. The van der Waals surface area contributed by atoms with Crippen molar-refractivity contribution < 1.29 is 23.8 Å². The van der Waals surface area contributed by atoms with Crippen LogP contribution >= 0.6 is 11.6 Å². The summed E-state index contributed by atoms with van der Waals surface area (Å²) in [7, 11) is 0. The number of benzene rings is 3. The first-order chi connectivity index (χ1) is 19.8. The minimum Gasteiger partial charge on any atom is -0.449 e. The highest BCUT2D eigenvalue weighted by molar-refractivity contribution is 6.30. The van der Waals surface area contributed by atoms with Crippen LogP contribution in [-0.4, -0.2) is 61.6 Å². The van der Waals surface area contributed by atoms with Crippen molar-refractivity contribution in [2.45, 2.75) is 58.4 Å². The van der Waals surface area contributed by atoms with E-state index >= 15 is 0 Å². The van der Waals surface area contributed by atoms with Gasteiger partial charge in [0.25, 0.3) is 0 Å². The van der Waals surface area contributed by atoms with Gasteiger partial charge in [-0.1, -0.05) is 72.3 Å². The molecule has 1 atom stereocenters. The van der Waals surface area contributed by atoms with Crippen molar-refractivity contribution >= 4 is 23.6 Å². The SMILES string of the molecule is CCOC(CN(C(=O)C(Cc1cccc(Cl)c1)NC(=O)OCC1c2ccccc2-c2ccccc21)C(C)C)OCC. The molecule has 0 fully saturated rings. The molecule has 0 bridgehead atoms. The lowest BCUT2D eigenvalue weighted by Crippen LogP contribution is -2.54. The fraction of sp³-hybridized carbons (Fsp3) is 0.394. The molecule has 3 aromatic rings. The highest BCUT2D eigenvalue weighted by Crippen LogP contribution is 2.44. The second-order valence-electron chi connectivity index (χ2n) is 10.3. The van der Waals surface area contributed by atoms with E-state index < -0.39 is 18.4 Å². The van der Waals surface area contributed by atoms with Gasteiger partial charge in [-0.3, -0.25) is 4.79 Å². The smallest absolute Gasteiger partial charge is 0.407 e. The number of amides is 2. The molecule has 218 valence electrons. The minimum atomic E-state index is -0.879. The van der Waals surface area contributed by atoms with Gasteiger partial charge in [0.15, 0.2) is 6.29 Å². The van der Waals surface area contributed by atoms with Crippen LogP contribution in [-0.2, 0) is 25.4 Å². The quantitative estimate of drug-likeness (QED) is 0.237. The largest absolute Gasteiger partial charge is 0.449 e. The van der Waals surface area contributed by atoms with Crippen LogP contribution in [0.3, 0.4) is 0 Å². The Balaban J connectivity index is 1.52. The van der Waals surface area contributed by atoms with Crippen molar-refractivity contribution in [3.8, 4) is 11.1 Å². The number of nitrogens with one attached hydrogen (secondary N) is 1. The molecule has 0 aromatic heterocycles. The fourth-order valence-electron chi connectivity index (χ4n) is 5.32. The molecule has 1 aliphatic rings. The number of carbonyl (C=O) groups excluding carboxylic acids is 2. The van der Waals surface area contributed by atoms with Crippen LogP contribution in [0.5, 0.6) is 0 Å². The predicted octanol–water partition coefficient (Wildman–Crippen LogP) is 6.43. The summed E-state index contributed by atoms with van der Waals surface area (Å²) in [4.78, 5) is 28.9. The van der Waals surface area contributed by atoms with Crippen molar-refractivity contribution in [3.63, 3.8) is 0 Å². The summed E-state index contributed by atoms with van der Waals surface area (Å²) in [6, 6.07) is 22.6. The lowest BCUT2D eigenvalue weighted by Gasteiger charge is -2.33. The van der Waals surface area contributed by atoms with Crippen molar-refractivity contribution in [3.05, 3.63) is 94.5 Å². The molecular weight excluding hydrogens is 540 g/mol. The zero-order valence-corrected chi connectivity index (χ0v) is 24.9. The van der Waals surface area contributed by atoms with Gasteiger partial charge in [0.2, 0.25) is 5.91 Å². The van der Waals surface area contributed by atoms with Crippen LogP contribution in [0.25, 0.3) is 11.1 Å². The van der Waals surface area contributed by atoms with Gasteiger partial charge in [-0.2, -0.15) is 0 Å². The molecule has 1 unspecified atom stereocenters. The Kier molecular flexibility index (Phi) is 10.8. The minimum absolute atomic E-state index is 0.0828. The molecule has 3 aromatic carbocycles. The number of alkyl carbamates (subject to hydrolysis) is 1. The zero-order valence-electron chi connectivity index (χ0n) is 24.1. The van der Waals surface area contributed by atoms with Crippen LogP contribution in [0.4, 0.5) is 4.79 Å². The van der Waals surface area contributed by atoms with E-state index in [0.717, 1.165) is 27.8 Å². The number of halogens is 1. The van der Waals surface area contributed by atoms with Crippen LogP contribution in [0.15, 0.2) is 72.8 Å². The maximum atomic E-state index is 14.0. The van der Waals surface area contributed by atoms with Crippen LogP contribution in [0.2, 0.25) is 5.02 Å². The Morgan fingerprint density at radius 1 is 0.902 bits per heavy atom. The molecule has 0 heterocycles. The van der Waals surface area contributed by atoms with Crippen molar-refractivity contribution in [1.29, 1.82) is 0 Å². The predicted molar refractivity (Wildman–Crippen MR) is 161 cm³/mol. The van der Waals surface area contributed by atoms with Gasteiger partial charge in [0, 0.05) is 36.6 Å². The number of hydrogen-bond acceptors (Lipinski definition) is 5. The van der Waals surface area contributed by atoms with E-state index in [-0.39, 0.29) is 37.4 Å². The average molecular weight is 579 g/mol. The Bertz CT molecular complexity index is 1280. The van der Waals surface area contributed by atoms with E-state index in [1.54, 1.807) is 17.0 Å². The summed E-state index contributed by atoms with van der Waals surface area (Å²) in [5.41, 5.74) is 5.37. The van der Waals surface area contributed by atoms with Crippen LogP contribution in [0, 0.1) is 0 Å². The summed E-state index contributed by atoms with van der Waals surface area (Å²) in [6.45, 7) is 8.91. The number of hydrogen-bond donors (Lipinski definition) is 1. The molecule has 2 amide bonds. The molecule has 1 aliphatic carbocycles. The summed E-state index contributed by atoms with van der Waals surface area (Å²) >= 11 is 6.23. The van der Waals surface area contributed by atoms with Gasteiger partial charge in [-0.15, -0.1) is 0 Å². The third-order valence-electron chi connectivity index (χ3n) is 7.22. The summed E-state index contributed by atoms with van der Waals surface area (Å²) in [5, 5.41) is 3.41. The van der Waals surface area contributed by atoms with Gasteiger partial charge in [-0.25, -0.2) is 4.79 Å². The van der Waals surface area contributed by atoms with Crippen LogP contribution < -0.4 is 5.32 Å². The van der Waals surface area contributed by atoms with E-state index in [9.17, 15) is 9.59 Å². The van der Waals surface area contributed by atoms with E-state index in [4.69, 9.17) is 25.8 Å². The van der Waals surface area contributed by atoms with Gasteiger partial charge in [-0.05, 0) is 67.6 Å². The molecule has 0 radical (unpaired) electrons. The molecule has 0 aliphatic heterocycles. The Hall–Kier alpha value is -3.39. The first kappa shape index (κ1) is 30.6. The average Bonchev–Trinajstić information content (AvgIpc) is 3.28. The lowest BCUT2D eigenvalue weighted by molar-refractivity contribution is -0.162. The molecule has 0 saturated carbocycles. The lowest BCUT2D eigenvalue weighted by atomic mass is 9.98. The Labute approximate surface area is 247 Å². The third kappa shape index (κ3) is 7.67. The normalized spacial score (nSPS) is 13.1. The summed E-state index contributed by atoms with van der Waals surface area (Å²) in [5.74, 6) is -0.335. The summed E-state index contributed by atoms with van der Waals surface area (Å²) < 4.78 is 17.2. The van der Waals surface area contributed by atoms with Crippen molar-refractivity contribution in [1.82, 2.24) is 10.2 Å². The van der Waals surface area contributed by atoms with Gasteiger partial charge >= 0.3 is 6.09 Å². The molecule has 1 N–H and O–H groups in total. The van der Waals surface area contributed by atoms with Crippen LogP contribution in [0.1, 0.15) is 50.3 Å². The van der Waals surface area contributed by atoms with Gasteiger partial charge in [0.1, 0.15) is 12.6 Å². The first-order valence-corrected chi connectivity index (χ1v) is 14.6. The number of rotatable bonds is 13. The topological polar surface area (TPSA) is 77.1 Å². The molecule has 8 heteroatoms. The van der Waals surface area contributed by atoms with Gasteiger partial charge < -0.3 is 24.4 Å². The van der Waals surface area contributed by atoms with Crippen molar-refractivity contribution in [2.24, 2.45) is 0 Å². The molecular formula is C33H39ClN2O5. The molecule has 7 nitrogen and oxygen atoms in total. The van der Waals surface area contributed by atoms with Crippen molar-refractivity contribution in [2.75, 3.05) is 26.4 Å². The van der Waals surface area contributed by atoms with E-state index in [1.165, 1.54) is 0 Å². The molecule has 4 rings (SSSR count). The van der Waals surface area contributed by atoms with E-state index in [0.29, 0.717) is 18.2 Å². The molecule has 0 saturated heterocycles. The van der Waals surface area contributed by atoms with Gasteiger partial charge in [0.05, 0.1) is 6.54 Å². The standard InChI is InChI=1S/C33H39ClN2O5/c1-5-39-31(40-6-2)20-36(22(3)4)32(37)30(19-23-12-11-13-24(34)18-23)35-33(38)41-21-29-27-16-9-7-14-25(27)26-15-8-10-17-28(26)29/h7-18,22,29-31H,5-6,19-21H2,1-4H3,(H,35,38).